The standard InChI is InChI=1S/C11H5Cl2F3N2OS/c12-5-2-1-3-6(7(5)13)18-10(19)8-9(11(14,15)16)17-4-20-8/h1-4H,(H,18,19). The number of carbonyl (C=O) groups is 1. The molecule has 0 aliphatic carbocycles. The number of hydrogen-bond acceptors (Lipinski definition) is 3. The molecule has 9 heteroatoms. The summed E-state index contributed by atoms with van der Waals surface area (Å²) in [4.78, 5) is 14.5. The second-order valence-electron chi connectivity index (χ2n) is 3.58. The smallest absolute Gasteiger partial charge is 0.320 e. The van der Waals surface area contributed by atoms with Crippen molar-refractivity contribution in [1.29, 1.82) is 0 Å². The Morgan fingerprint density at radius 3 is 2.65 bits per heavy atom. The Labute approximate surface area is 125 Å². The predicted octanol–water partition coefficient (Wildman–Crippen LogP) is 4.72. The first-order valence-corrected chi connectivity index (χ1v) is 6.70. The molecule has 20 heavy (non-hydrogen) atoms. The molecule has 0 aliphatic heterocycles. The van der Waals surface area contributed by atoms with Gasteiger partial charge < -0.3 is 5.32 Å². The molecule has 2 rings (SSSR count). The van der Waals surface area contributed by atoms with Gasteiger partial charge in [-0.25, -0.2) is 4.98 Å². The fourth-order valence-electron chi connectivity index (χ4n) is 1.39. The molecule has 0 spiro atoms. The Bertz CT molecular complexity index is 657. The number of aromatic nitrogens is 1. The Morgan fingerprint density at radius 2 is 2.00 bits per heavy atom. The van der Waals surface area contributed by atoms with Crippen LogP contribution in [0.5, 0.6) is 0 Å². The number of rotatable bonds is 2. The van der Waals surface area contributed by atoms with E-state index in [0.29, 0.717) is 11.3 Å². The van der Waals surface area contributed by atoms with Crippen molar-refractivity contribution in [1.82, 2.24) is 4.98 Å². The maximum absolute atomic E-state index is 12.6. The van der Waals surface area contributed by atoms with Crippen molar-refractivity contribution in [3.8, 4) is 0 Å². The summed E-state index contributed by atoms with van der Waals surface area (Å²) in [7, 11) is 0. The molecule has 1 aromatic heterocycles. The highest BCUT2D eigenvalue weighted by molar-refractivity contribution is 7.12. The van der Waals surface area contributed by atoms with Crippen molar-refractivity contribution in [3.05, 3.63) is 44.3 Å². The number of thiazole rings is 1. The summed E-state index contributed by atoms with van der Waals surface area (Å²) in [5, 5.41) is 2.52. The summed E-state index contributed by atoms with van der Waals surface area (Å²) < 4.78 is 37.9. The topological polar surface area (TPSA) is 42.0 Å². The molecule has 1 N–H and O–H groups in total. The third-order valence-corrected chi connectivity index (χ3v) is 3.89. The quantitative estimate of drug-likeness (QED) is 0.859. The molecule has 0 bridgehead atoms. The summed E-state index contributed by atoms with van der Waals surface area (Å²) in [6, 6.07) is 4.44. The largest absolute Gasteiger partial charge is 0.434 e. The molecule has 0 atom stereocenters. The Hall–Kier alpha value is -1.31. The van der Waals surface area contributed by atoms with Gasteiger partial charge in [-0.1, -0.05) is 29.3 Å². The summed E-state index contributed by atoms with van der Waals surface area (Å²) in [5.41, 5.74) is -0.138. The van der Waals surface area contributed by atoms with Gasteiger partial charge in [0.2, 0.25) is 0 Å². The zero-order valence-electron chi connectivity index (χ0n) is 9.46. The number of alkyl halides is 3. The van der Waals surface area contributed by atoms with Gasteiger partial charge in [0.05, 0.1) is 21.2 Å². The van der Waals surface area contributed by atoms with Gasteiger partial charge in [0, 0.05) is 0 Å². The van der Waals surface area contributed by atoms with E-state index < -0.39 is 22.7 Å². The highest BCUT2D eigenvalue weighted by Gasteiger charge is 2.38. The lowest BCUT2D eigenvalue weighted by molar-refractivity contribution is -0.141. The average Bonchev–Trinajstić information content (AvgIpc) is 2.84. The minimum Gasteiger partial charge on any atom is -0.320 e. The van der Waals surface area contributed by atoms with E-state index in [1.54, 1.807) is 0 Å². The second-order valence-corrected chi connectivity index (χ2v) is 5.22. The Kier molecular flexibility index (Phi) is 4.22. The molecule has 0 aliphatic rings. The molecular weight excluding hydrogens is 336 g/mol. The number of halogens is 5. The van der Waals surface area contributed by atoms with Crippen LogP contribution in [0.2, 0.25) is 10.0 Å². The van der Waals surface area contributed by atoms with Crippen molar-refractivity contribution in [3.63, 3.8) is 0 Å². The van der Waals surface area contributed by atoms with Crippen molar-refractivity contribution in [2.45, 2.75) is 6.18 Å². The van der Waals surface area contributed by atoms with Crippen LogP contribution in [0.4, 0.5) is 18.9 Å². The molecule has 0 unspecified atom stereocenters. The van der Waals surface area contributed by atoms with E-state index in [1.807, 2.05) is 0 Å². The van der Waals surface area contributed by atoms with Crippen LogP contribution >= 0.6 is 34.5 Å². The third kappa shape index (κ3) is 3.05. The summed E-state index contributed by atoms with van der Waals surface area (Å²) in [5.74, 6) is -0.941. The highest BCUT2D eigenvalue weighted by atomic mass is 35.5. The molecule has 1 aromatic carbocycles. The molecule has 0 saturated carbocycles. The molecule has 0 fully saturated rings. The average molecular weight is 341 g/mol. The molecular formula is C11H5Cl2F3N2OS. The van der Waals surface area contributed by atoms with E-state index in [9.17, 15) is 18.0 Å². The molecule has 1 heterocycles. The molecule has 1 amide bonds. The first-order valence-electron chi connectivity index (χ1n) is 5.06. The number of carbonyl (C=O) groups excluding carboxylic acids is 1. The number of amides is 1. The van der Waals surface area contributed by atoms with E-state index >= 15 is 0 Å². The molecule has 106 valence electrons. The fraction of sp³-hybridized carbons (Fsp3) is 0.0909. The van der Waals surface area contributed by atoms with Gasteiger partial charge in [-0.3, -0.25) is 4.79 Å². The van der Waals surface area contributed by atoms with Crippen LogP contribution in [0.15, 0.2) is 23.7 Å². The second kappa shape index (κ2) is 5.59. The van der Waals surface area contributed by atoms with Crippen molar-refractivity contribution < 1.29 is 18.0 Å². The molecule has 3 nitrogen and oxygen atoms in total. The zero-order valence-corrected chi connectivity index (χ0v) is 11.8. The normalized spacial score (nSPS) is 11.4. The van der Waals surface area contributed by atoms with Crippen LogP contribution in [0.3, 0.4) is 0 Å². The number of anilines is 1. The zero-order chi connectivity index (χ0) is 14.9. The van der Waals surface area contributed by atoms with Gasteiger partial charge in [-0.05, 0) is 12.1 Å². The van der Waals surface area contributed by atoms with E-state index in [4.69, 9.17) is 23.2 Å². The summed E-state index contributed by atoms with van der Waals surface area (Å²) in [6.07, 6.45) is -4.69. The minimum absolute atomic E-state index is 0.0561. The first-order chi connectivity index (χ1) is 9.30. The fourth-order valence-corrected chi connectivity index (χ4v) is 2.44. The highest BCUT2D eigenvalue weighted by Crippen LogP contribution is 2.34. The van der Waals surface area contributed by atoms with E-state index in [1.165, 1.54) is 18.2 Å². The number of hydrogen-bond donors (Lipinski definition) is 1. The first kappa shape index (κ1) is 15.1. The van der Waals surface area contributed by atoms with Gasteiger partial charge in [0.1, 0.15) is 4.88 Å². The number of nitrogens with zero attached hydrogens (tertiary/aromatic N) is 1. The third-order valence-electron chi connectivity index (χ3n) is 2.24. The Morgan fingerprint density at radius 1 is 1.30 bits per heavy atom. The minimum atomic E-state index is -4.69. The van der Waals surface area contributed by atoms with E-state index in [-0.39, 0.29) is 15.7 Å². The lowest BCUT2D eigenvalue weighted by Gasteiger charge is -2.09. The lowest BCUT2D eigenvalue weighted by atomic mass is 10.3. The maximum atomic E-state index is 12.6. The van der Waals surface area contributed by atoms with E-state index in [2.05, 4.69) is 10.3 Å². The van der Waals surface area contributed by atoms with Gasteiger partial charge in [-0.15, -0.1) is 11.3 Å². The van der Waals surface area contributed by atoms with Gasteiger partial charge in [0.15, 0.2) is 5.69 Å². The van der Waals surface area contributed by atoms with Crippen molar-refractivity contribution in [2.75, 3.05) is 5.32 Å². The monoisotopic (exact) mass is 340 g/mol. The van der Waals surface area contributed by atoms with Crippen molar-refractivity contribution >= 4 is 46.1 Å². The van der Waals surface area contributed by atoms with Crippen molar-refractivity contribution in [2.24, 2.45) is 0 Å². The van der Waals surface area contributed by atoms with Crippen LogP contribution in [0.1, 0.15) is 15.4 Å². The van der Waals surface area contributed by atoms with Gasteiger partial charge in [-0.2, -0.15) is 13.2 Å². The Balaban J connectivity index is 2.30. The van der Waals surface area contributed by atoms with Crippen LogP contribution in [-0.2, 0) is 6.18 Å². The molecule has 0 saturated heterocycles. The van der Waals surface area contributed by atoms with Crippen LogP contribution in [0, 0.1) is 0 Å². The lowest BCUT2D eigenvalue weighted by Crippen LogP contribution is -2.17. The summed E-state index contributed by atoms with van der Waals surface area (Å²) >= 11 is 12.2. The summed E-state index contributed by atoms with van der Waals surface area (Å²) in [6.45, 7) is 0. The van der Waals surface area contributed by atoms with E-state index in [0.717, 1.165) is 5.51 Å². The van der Waals surface area contributed by atoms with Crippen LogP contribution in [-0.4, -0.2) is 10.9 Å². The van der Waals surface area contributed by atoms with Crippen LogP contribution < -0.4 is 5.32 Å². The molecule has 2 aromatic rings. The SMILES string of the molecule is O=C(Nc1cccc(Cl)c1Cl)c1scnc1C(F)(F)F. The van der Waals surface area contributed by atoms with Gasteiger partial charge >= 0.3 is 6.18 Å². The maximum Gasteiger partial charge on any atom is 0.434 e. The number of nitrogens with one attached hydrogen (secondary N) is 1. The predicted molar refractivity (Wildman–Crippen MR) is 71.5 cm³/mol. The van der Waals surface area contributed by atoms with Crippen LogP contribution in [0.25, 0.3) is 0 Å². The van der Waals surface area contributed by atoms with Gasteiger partial charge in [0.25, 0.3) is 5.91 Å². The number of benzene rings is 1. The molecule has 0 radical (unpaired) electrons.